The molecule has 0 saturated carbocycles. The number of para-hydroxylation sites is 1. The topological polar surface area (TPSA) is 102 Å². The molecule has 0 saturated heterocycles. The highest BCUT2D eigenvalue weighted by atomic mass is 35.5. The van der Waals surface area contributed by atoms with E-state index in [4.69, 9.17) is 16.3 Å². The Balaban J connectivity index is 1.87. The zero-order valence-corrected chi connectivity index (χ0v) is 15.4. The van der Waals surface area contributed by atoms with Crippen molar-refractivity contribution in [3.63, 3.8) is 0 Å². The van der Waals surface area contributed by atoms with Crippen molar-refractivity contribution in [1.82, 2.24) is 4.72 Å². The van der Waals surface area contributed by atoms with Gasteiger partial charge in [0.1, 0.15) is 5.75 Å². The van der Waals surface area contributed by atoms with E-state index in [1.807, 2.05) is 4.72 Å². The molecule has 2 amide bonds. The van der Waals surface area contributed by atoms with Gasteiger partial charge >= 0.3 is 0 Å². The molecular weight excluding hydrogens is 380 g/mol. The van der Waals surface area contributed by atoms with Gasteiger partial charge in [-0.15, -0.1) is 0 Å². The summed E-state index contributed by atoms with van der Waals surface area (Å²) in [6.45, 7) is 1.25. The number of amides is 2. The lowest BCUT2D eigenvalue weighted by Gasteiger charge is -2.09. The standard InChI is InChI=1S/C17H17ClN2O5S/c1-12(21)20-26(23,24)14-8-6-13(7-9-14)19-17(22)10-11-25-16-5-3-2-4-15(16)18/h2-9H,10-11H2,1H3,(H,19,22)(H,20,21). The predicted molar refractivity (Wildman–Crippen MR) is 97.6 cm³/mol. The van der Waals surface area contributed by atoms with Gasteiger partial charge in [0.05, 0.1) is 22.9 Å². The fourth-order valence-corrected chi connectivity index (χ4v) is 3.19. The second kappa shape index (κ2) is 8.68. The van der Waals surface area contributed by atoms with E-state index >= 15 is 0 Å². The molecule has 0 atom stereocenters. The molecule has 0 aliphatic rings. The second-order valence-corrected chi connectivity index (χ2v) is 7.35. The number of hydrogen-bond donors (Lipinski definition) is 2. The summed E-state index contributed by atoms with van der Waals surface area (Å²) in [5.41, 5.74) is 0.425. The van der Waals surface area contributed by atoms with Crippen molar-refractivity contribution in [2.45, 2.75) is 18.2 Å². The third kappa shape index (κ3) is 5.75. The first-order valence-electron chi connectivity index (χ1n) is 7.58. The number of halogens is 1. The summed E-state index contributed by atoms with van der Waals surface area (Å²) in [6, 6.07) is 12.4. The lowest BCUT2D eigenvalue weighted by molar-refractivity contribution is -0.117. The van der Waals surface area contributed by atoms with Crippen LogP contribution in [0.2, 0.25) is 5.02 Å². The summed E-state index contributed by atoms with van der Waals surface area (Å²) in [4.78, 5) is 22.7. The fourth-order valence-electron chi connectivity index (χ4n) is 2.00. The molecule has 0 aliphatic carbocycles. The molecule has 2 N–H and O–H groups in total. The lowest BCUT2D eigenvalue weighted by atomic mass is 10.3. The Hall–Kier alpha value is -2.58. The van der Waals surface area contributed by atoms with Crippen LogP contribution in [-0.2, 0) is 19.6 Å². The molecule has 9 heteroatoms. The minimum atomic E-state index is -3.90. The molecule has 2 rings (SSSR count). The number of ether oxygens (including phenoxy) is 1. The summed E-state index contributed by atoms with van der Waals surface area (Å²) in [5.74, 6) is -0.482. The smallest absolute Gasteiger partial charge is 0.264 e. The second-order valence-electron chi connectivity index (χ2n) is 5.26. The highest BCUT2D eigenvalue weighted by Crippen LogP contribution is 2.23. The number of rotatable bonds is 7. The van der Waals surface area contributed by atoms with E-state index in [0.29, 0.717) is 16.5 Å². The van der Waals surface area contributed by atoms with Crippen molar-refractivity contribution >= 4 is 39.1 Å². The Labute approximate surface area is 156 Å². The Morgan fingerprint density at radius 3 is 2.35 bits per heavy atom. The van der Waals surface area contributed by atoms with Crippen LogP contribution in [0.1, 0.15) is 13.3 Å². The minimum Gasteiger partial charge on any atom is -0.491 e. The third-order valence-electron chi connectivity index (χ3n) is 3.15. The van der Waals surface area contributed by atoms with Crippen LogP contribution in [0.15, 0.2) is 53.4 Å². The maximum absolute atomic E-state index is 11.9. The van der Waals surface area contributed by atoms with Crippen molar-refractivity contribution in [3.05, 3.63) is 53.6 Å². The number of anilines is 1. The van der Waals surface area contributed by atoms with Crippen molar-refractivity contribution in [3.8, 4) is 5.75 Å². The monoisotopic (exact) mass is 396 g/mol. The number of carbonyl (C=O) groups excluding carboxylic acids is 2. The Kier molecular flexibility index (Phi) is 6.59. The summed E-state index contributed by atoms with van der Waals surface area (Å²) in [6.07, 6.45) is 0.0944. The van der Waals surface area contributed by atoms with Gasteiger partial charge in [0.25, 0.3) is 10.0 Å². The van der Waals surface area contributed by atoms with Gasteiger partial charge in [-0.3, -0.25) is 9.59 Å². The molecule has 2 aromatic carbocycles. The largest absolute Gasteiger partial charge is 0.491 e. The zero-order valence-electron chi connectivity index (χ0n) is 13.9. The zero-order chi connectivity index (χ0) is 19.2. The first-order valence-corrected chi connectivity index (χ1v) is 9.45. The van der Waals surface area contributed by atoms with E-state index in [1.165, 1.54) is 24.3 Å². The number of hydrogen-bond acceptors (Lipinski definition) is 5. The van der Waals surface area contributed by atoms with Gasteiger partial charge in [-0.1, -0.05) is 23.7 Å². The van der Waals surface area contributed by atoms with Gasteiger partial charge in [-0.2, -0.15) is 0 Å². The molecular formula is C17H17ClN2O5S. The average Bonchev–Trinajstić information content (AvgIpc) is 2.56. The molecule has 2 aromatic rings. The van der Waals surface area contributed by atoms with Gasteiger partial charge in [-0.05, 0) is 36.4 Å². The first-order chi connectivity index (χ1) is 12.3. The molecule has 0 radical (unpaired) electrons. The SMILES string of the molecule is CC(=O)NS(=O)(=O)c1ccc(NC(=O)CCOc2ccccc2Cl)cc1. The molecule has 7 nitrogen and oxygen atoms in total. The van der Waals surface area contributed by atoms with Crippen LogP contribution < -0.4 is 14.8 Å². The van der Waals surface area contributed by atoms with Crippen LogP contribution in [0.5, 0.6) is 5.75 Å². The first kappa shape index (κ1) is 19.7. The van der Waals surface area contributed by atoms with Crippen molar-refractivity contribution < 1.29 is 22.7 Å². The van der Waals surface area contributed by atoms with E-state index < -0.39 is 15.9 Å². The number of sulfonamides is 1. The van der Waals surface area contributed by atoms with Crippen LogP contribution in [0.25, 0.3) is 0 Å². The number of benzene rings is 2. The molecule has 138 valence electrons. The Morgan fingerprint density at radius 1 is 1.08 bits per heavy atom. The third-order valence-corrected chi connectivity index (χ3v) is 4.91. The van der Waals surface area contributed by atoms with Crippen molar-refractivity contribution in [1.29, 1.82) is 0 Å². The van der Waals surface area contributed by atoms with Crippen molar-refractivity contribution in [2.75, 3.05) is 11.9 Å². The van der Waals surface area contributed by atoms with E-state index in [-0.39, 0.29) is 23.8 Å². The summed E-state index contributed by atoms with van der Waals surface area (Å²) in [5, 5.41) is 3.09. The minimum absolute atomic E-state index is 0.0762. The number of carbonyl (C=O) groups is 2. The normalized spacial score (nSPS) is 10.8. The van der Waals surface area contributed by atoms with Crippen LogP contribution in [0, 0.1) is 0 Å². The average molecular weight is 397 g/mol. The molecule has 0 fully saturated rings. The van der Waals surface area contributed by atoms with E-state index in [1.54, 1.807) is 24.3 Å². The highest BCUT2D eigenvalue weighted by Gasteiger charge is 2.15. The van der Waals surface area contributed by atoms with Gasteiger partial charge < -0.3 is 10.1 Å². The lowest BCUT2D eigenvalue weighted by Crippen LogP contribution is -2.28. The van der Waals surface area contributed by atoms with Crippen LogP contribution in [0.4, 0.5) is 5.69 Å². The van der Waals surface area contributed by atoms with Crippen LogP contribution in [0.3, 0.4) is 0 Å². The molecule has 0 aliphatic heterocycles. The van der Waals surface area contributed by atoms with Crippen LogP contribution >= 0.6 is 11.6 Å². The molecule has 0 aromatic heterocycles. The van der Waals surface area contributed by atoms with Crippen LogP contribution in [-0.4, -0.2) is 26.8 Å². The van der Waals surface area contributed by atoms with Gasteiger partial charge in [-0.25, -0.2) is 13.1 Å². The predicted octanol–water partition coefficient (Wildman–Crippen LogP) is 2.57. The van der Waals surface area contributed by atoms with Gasteiger partial charge in [0.15, 0.2) is 0 Å². The highest BCUT2D eigenvalue weighted by molar-refractivity contribution is 7.90. The molecule has 26 heavy (non-hydrogen) atoms. The van der Waals surface area contributed by atoms with Gasteiger partial charge in [0.2, 0.25) is 11.8 Å². The maximum atomic E-state index is 11.9. The van der Waals surface area contributed by atoms with Crippen molar-refractivity contribution in [2.24, 2.45) is 0 Å². The molecule has 0 unspecified atom stereocenters. The van der Waals surface area contributed by atoms with Gasteiger partial charge in [0, 0.05) is 12.6 Å². The molecule has 0 spiro atoms. The molecule has 0 bridgehead atoms. The fraction of sp³-hybridized carbons (Fsp3) is 0.176. The summed E-state index contributed by atoms with van der Waals surface area (Å²) < 4.78 is 31.0. The Bertz CT molecular complexity index is 898. The Morgan fingerprint density at radius 2 is 1.73 bits per heavy atom. The van der Waals surface area contributed by atoms with E-state index in [0.717, 1.165) is 6.92 Å². The molecule has 0 heterocycles. The summed E-state index contributed by atoms with van der Waals surface area (Å²) >= 11 is 5.95. The van der Waals surface area contributed by atoms with E-state index in [2.05, 4.69) is 5.32 Å². The quantitative estimate of drug-likeness (QED) is 0.748. The summed E-state index contributed by atoms with van der Waals surface area (Å²) in [7, 11) is -3.90. The maximum Gasteiger partial charge on any atom is 0.264 e. The van der Waals surface area contributed by atoms with E-state index in [9.17, 15) is 18.0 Å². The number of nitrogens with one attached hydrogen (secondary N) is 2.